The van der Waals surface area contributed by atoms with Crippen LogP contribution in [0.5, 0.6) is 11.5 Å². The average molecular weight is 281 g/mol. The summed E-state index contributed by atoms with van der Waals surface area (Å²) in [5.74, 6) is 1.73. The monoisotopic (exact) mass is 281 g/mol. The van der Waals surface area contributed by atoms with Crippen molar-refractivity contribution in [2.75, 3.05) is 19.8 Å². The van der Waals surface area contributed by atoms with E-state index >= 15 is 0 Å². The third-order valence-electron chi connectivity index (χ3n) is 3.26. The van der Waals surface area contributed by atoms with Crippen molar-refractivity contribution in [3.8, 4) is 11.5 Å². The number of benzene rings is 1. The van der Waals surface area contributed by atoms with Gasteiger partial charge in [-0.2, -0.15) is 0 Å². The number of fused-ring (bicyclic) bond motifs is 1. The van der Waals surface area contributed by atoms with Gasteiger partial charge in [-0.1, -0.05) is 13.8 Å². The summed E-state index contributed by atoms with van der Waals surface area (Å²) in [5.41, 5.74) is 0. The summed E-state index contributed by atoms with van der Waals surface area (Å²) in [6, 6.07) is 6.70. The molecule has 1 aromatic carbocycles. The minimum absolute atomic E-state index is 0.498. The van der Waals surface area contributed by atoms with Crippen LogP contribution in [0.1, 0.15) is 27.2 Å². The van der Waals surface area contributed by atoms with E-state index in [2.05, 4.69) is 38.2 Å². The molecule has 0 saturated heterocycles. The summed E-state index contributed by atoms with van der Waals surface area (Å²) in [6.45, 7) is 9.06. The summed E-state index contributed by atoms with van der Waals surface area (Å²) in [5, 5.41) is 4.06. The van der Waals surface area contributed by atoms with Crippen molar-refractivity contribution < 1.29 is 9.47 Å². The van der Waals surface area contributed by atoms with Gasteiger partial charge in [-0.3, -0.25) is 0 Å². The molecule has 0 fully saturated rings. The first-order valence-electron chi connectivity index (χ1n) is 7.00. The van der Waals surface area contributed by atoms with Crippen LogP contribution in [0.15, 0.2) is 23.1 Å². The first kappa shape index (κ1) is 14.5. The van der Waals surface area contributed by atoms with Crippen LogP contribution in [0.2, 0.25) is 0 Å². The second-order valence-corrected chi connectivity index (χ2v) is 6.32. The van der Waals surface area contributed by atoms with Gasteiger partial charge in [0.2, 0.25) is 0 Å². The molecule has 2 unspecified atom stereocenters. The lowest BCUT2D eigenvalue weighted by molar-refractivity contribution is 0.171. The molecule has 19 heavy (non-hydrogen) atoms. The molecule has 0 amide bonds. The van der Waals surface area contributed by atoms with E-state index in [1.54, 1.807) is 0 Å². The second-order valence-electron chi connectivity index (χ2n) is 4.87. The van der Waals surface area contributed by atoms with E-state index in [0.717, 1.165) is 18.0 Å². The molecule has 0 bridgehead atoms. The Balaban J connectivity index is 1.95. The highest BCUT2D eigenvalue weighted by Crippen LogP contribution is 2.35. The molecule has 3 nitrogen and oxygen atoms in total. The number of rotatable bonds is 6. The minimum atomic E-state index is 0.498. The normalized spacial score (nSPS) is 17.0. The lowest BCUT2D eigenvalue weighted by atomic mass is 10.2. The Morgan fingerprint density at radius 1 is 1.21 bits per heavy atom. The fourth-order valence-corrected chi connectivity index (χ4v) is 3.00. The Hall–Kier alpha value is -0.870. The van der Waals surface area contributed by atoms with Gasteiger partial charge in [-0.25, -0.2) is 0 Å². The van der Waals surface area contributed by atoms with Crippen LogP contribution in [0.4, 0.5) is 0 Å². The molecule has 1 aliphatic heterocycles. The van der Waals surface area contributed by atoms with Crippen molar-refractivity contribution >= 4 is 11.8 Å². The maximum absolute atomic E-state index is 5.62. The molecule has 0 saturated carbocycles. The van der Waals surface area contributed by atoms with Crippen LogP contribution >= 0.6 is 11.8 Å². The first-order valence-corrected chi connectivity index (χ1v) is 7.88. The van der Waals surface area contributed by atoms with Crippen LogP contribution in [0.3, 0.4) is 0 Å². The molecule has 0 aromatic heterocycles. The van der Waals surface area contributed by atoms with E-state index in [1.165, 1.54) is 11.3 Å². The van der Waals surface area contributed by atoms with Gasteiger partial charge in [0.05, 0.1) is 0 Å². The van der Waals surface area contributed by atoms with Crippen molar-refractivity contribution in [1.29, 1.82) is 0 Å². The summed E-state index contributed by atoms with van der Waals surface area (Å²) in [6.07, 6.45) is 1.17. The standard InChI is InChI=1S/C15H23NO2S/c1-4-7-16-11(2)12(3)19-13-5-6-14-15(10-13)18-9-8-17-14/h5-6,10-12,16H,4,7-9H2,1-3H3. The molecule has 2 atom stereocenters. The highest BCUT2D eigenvalue weighted by atomic mass is 32.2. The Kier molecular flexibility index (Phi) is 5.40. The minimum Gasteiger partial charge on any atom is -0.486 e. The fraction of sp³-hybridized carbons (Fsp3) is 0.600. The topological polar surface area (TPSA) is 30.5 Å². The van der Waals surface area contributed by atoms with Crippen LogP contribution in [0, 0.1) is 0 Å². The highest BCUT2D eigenvalue weighted by Gasteiger charge is 2.16. The molecule has 1 aliphatic rings. The molecule has 4 heteroatoms. The maximum atomic E-state index is 5.62. The number of hydrogen-bond donors (Lipinski definition) is 1. The van der Waals surface area contributed by atoms with E-state index < -0.39 is 0 Å². The van der Waals surface area contributed by atoms with Crippen LogP contribution in [-0.2, 0) is 0 Å². The first-order chi connectivity index (χ1) is 9.20. The van der Waals surface area contributed by atoms with E-state index in [4.69, 9.17) is 9.47 Å². The SMILES string of the molecule is CCCNC(C)C(C)Sc1ccc2c(c1)OCCO2. The molecule has 1 aromatic rings. The molecule has 1 heterocycles. The molecule has 0 spiro atoms. The van der Waals surface area contributed by atoms with Gasteiger partial charge >= 0.3 is 0 Å². The van der Waals surface area contributed by atoms with Gasteiger partial charge < -0.3 is 14.8 Å². The van der Waals surface area contributed by atoms with E-state index in [-0.39, 0.29) is 0 Å². The molecule has 0 radical (unpaired) electrons. The van der Waals surface area contributed by atoms with Gasteiger partial charge in [-0.05, 0) is 38.1 Å². The van der Waals surface area contributed by atoms with Crippen molar-refractivity contribution in [1.82, 2.24) is 5.32 Å². The number of hydrogen-bond acceptors (Lipinski definition) is 4. The largest absolute Gasteiger partial charge is 0.486 e. The van der Waals surface area contributed by atoms with Crippen molar-refractivity contribution in [2.45, 2.75) is 43.4 Å². The van der Waals surface area contributed by atoms with E-state index in [1.807, 2.05) is 17.8 Å². The van der Waals surface area contributed by atoms with Gasteiger partial charge in [0, 0.05) is 16.2 Å². The third-order valence-corrected chi connectivity index (χ3v) is 4.56. The van der Waals surface area contributed by atoms with E-state index in [9.17, 15) is 0 Å². The Morgan fingerprint density at radius 2 is 1.95 bits per heavy atom. The van der Waals surface area contributed by atoms with Crippen LogP contribution in [-0.4, -0.2) is 31.1 Å². The quantitative estimate of drug-likeness (QED) is 0.810. The molecule has 0 aliphatic carbocycles. The van der Waals surface area contributed by atoms with Gasteiger partial charge in [-0.15, -0.1) is 11.8 Å². The predicted molar refractivity (Wildman–Crippen MR) is 80.5 cm³/mol. The van der Waals surface area contributed by atoms with Crippen LogP contribution in [0.25, 0.3) is 0 Å². The Bertz CT molecular complexity index is 411. The van der Waals surface area contributed by atoms with Crippen molar-refractivity contribution in [3.63, 3.8) is 0 Å². The summed E-state index contributed by atoms with van der Waals surface area (Å²) in [4.78, 5) is 1.24. The summed E-state index contributed by atoms with van der Waals surface area (Å²) >= 11 is 1.88. The summed E-state index contributed by atoms with van der Waals surface area (Å²) in [7, 11) is 0. The lowest BCUT2D eigenvalue weighted by Crippen LogP contribution is -2.34. The third kappa shape index (κ3) is 4.05. The molecule has 2 rings (SSSR count). The zero-order chi connectivity index (χ0) is 13.7. The lowest BCUT2D eigenvalue weighted by Gasteiger charge is -2.22. The zero-order valence-electron chi connectivity index (χ0n) is 11.9. The number of thioether (sulfide) groups is 1. The molecule has 106 valence electrons. The second kappa shape index (κ2) is 7.06. The highest BCUT2D eigenvalue weighted by molar-refractivity contribution is 8.00. The Labute approximate surface area is 120 Å². The zero-order valence-corrected chi connectivity index (χ0v) is 12.8. The number of nitrogens with one attached hydrogen (secondary N) is 1. The van der Waals surface area contributed by atoms with Gasteiger partial charge in [0.1, 0.15) is 13.2 Å². The summed E-state index contributed by atoms with van der Waals surface area (Å²) < 4.78 is 11.2. The number of ether oxygens (including phenoxy) is 2. The maximum Gasteiger partial charge on any atom is 0.162 e. The molecular formula is C15H23NO2S. The fourth-order valence-electron chi connectivity index (χ4n) is 1.95. The average Bonchev–Trinajstić information content (AvgIpc) is 2.44. The molecule has 1 N–H and O–H groups in total. The van der Waals surface area contributed by atoms with Crippen molar-refractivity contribution in [3.05, 3.63) is 18.2 Å². The van der Waals surface area contributed by atoms with Gasteiger partial charge in [0.15, 0.2) is 11.5 Å². The predicted octanol–water partition coefficient (Wildman–Crippen LogP) is 3.33. The van der Waals surface area contributed by atoms with Crippen molar-refractivity contribution in [2.24, 2.45) is 0 Å². The van der Waals surface area contributed by atoms with E-state index in [0.29, 0.717) is 24.5 Å². The smallest absolute Gasteiger partial charge is 0.162 e. The molecular weight excluding hydrogens is 258 g/mol. The van der Waals surface area contributed by atoms with Gasteiger partial charge in [0.25, 0.3) is 0 Å². The van der Waals surface area contributed by atoms with Crippen LogP contribution < -0.4 is 14.8 Å². The Morgan fingerprint density at radius 3 is 2.68 bits per heavy atom.